The van der Waals surface area contributed by atoms with Gasteiger partial charge in [-0.05, 0) is 66.8 Å². The van der Waals surface area contributed by atoms with Gasteiger partial charge in [0, 0.05) is 28.2 Å². The first kappa shape index (κ1) is 32.7. The summed E-state index contributed by atoms with van der Waals surface area (Å²) in [5, 5.41) is 3.97. The van der Waals surface area contributed by atoms with E-state index in [1.807, 2.05) is 13.8 Å². The fraction of sp³-hybridized carbons (Fsp3) is 0.333. The zero-order chi connectivity index (χ0) is 30.3. The number of aryl methyl sites for hydroxylation is 1. The minimum absolute atomic E-state index is 0.0150. The highest BCUT2D eigenvalue weighted by Crippen LogP contribution is 2.30. The summed E-state index contributed by atoms with van der Waals surface area (Å²) in [5.41, 5.74) is 1.43. The maximum atomic E-state index is 14.2. The van der Waals surface area contributed by atoms with E-state index in [0.717, 1.165) is 4.31 Å². The molecule has 1 unspecified atom stereocenters. The molecule has 3 rings (SSSR count). The second kappa shape index (κ2) is 14.4. The highest BCUT2D eigenvalue weighted by atomic mass is 35.5. The first-order chi connectivity index (χ1) is 19.3. The molecule has 0 spiro atoms. The molecule has 0 aliphatic carbocycles. The summed E-state index contributed by atoms with van der Waals surface area (Å²) in [4.78, 5) is 28.9. The highest BCUT2D eigenvalue weighted by molar-refractivity contribution is 7.92. The summed E-state index contributed by atoms with van der Waals surface area (Å²) in [6.07, 6.45) is 0.294. The Morgan fingerprint density at radius 2 is 1.56 bits per heavy atom. The summed E-state index contributed by atoms with van der Waals surface area (Å²) in [5.74, 6) is -0.721. The second-order valence-electron chi connectivity index (χ2n) is 10.1. The van der Waals surface area contributed by atoms with Crippen molar-refractivity contribution in [2.45, 2.75) is 51.6 Å². The van der Waals surface area contributed by atoms with Gasteiger partial charge in [-0.2, -0.15) is 0 Å². The molecule has 1 atom stereocenters. The number of nitrogens with one attached hydrogen (secondary N) is 1. The highest BCUT2D eigenvalue weighted by Gasteiger charge is 2.34. The Balaban J connectivity index is 2.10. The van der Waals surface area contributed by atoms with Crippen LogP contribution in [-0.2, 0) is 26.2 Å². The number of benzene rings is 3. The van der Waals surface area contributed by atoms with Gasteiger partial charge in [0.05, 0.1) is 10.6 Å². The van der Waals surface area contributed by atoms with Crippen molar-refractivity contribution in [1.82, 2.24) is 10.2 Å². The molecule has 0 radical (unpaired) electrons. The van der Waals surface area contributed by atoms with Crippen molar-refractivity contribution in [3.8, 4) is 0 Å². The summed E-state index contributed by atoms with van der Waals surface area (Å²) < 4.78 is 28.9. The van der Waals surface area contributed by atoms with Crippen molar-refractivity contribution in [2.75, 3.05) is 17.4 Å². The SMILES string of the molecule is CCC(C(=O)NCC(C)C)N(Cc1ccc(Cl)cc1Cl)C(=O)CN(c1cc(Cl)ccc1C)S(=O)(=O)c1ccccc1. The van der Waals surface area contributed by atoms with Gasteiger partial charge in [-0.15, -0.1) is 0 Å². The zero-order valence-electron chi connectivity index (χ0n) is 23.4. The molecule has 0 aliphatic heterocycles. The number of carbonyl (C=O) groups excluding carboxylic acids is 2. The molecule has 41 heavy (non-hydrogen) atoms. The third-order valence-electron chi connectivity index (χ3n) is 6.48. The van der Waals surface area contributed by atoms with E-state index in [2.05, 4.69) is 5.32 Å². The van der Waals surface area contributed by atoms with E-state index >= 15 is 0 Å². The molecule has 7 nitrogen and oxygen atoms in total. The number of carbonyl (C=O) groups is 2. The van der Waals surface area contributed by atoms with Crippen LogP contribution < -0.4 is 9.62 Å². The third-order valence-corrected chi connectivity index (χ3v) is 9.07. The second-order valence-corrected chi connectivity index (χ2v) is 13.2. The topological polar surface area (TPSA) is 86.8 Å². The van der Waals surface area contributed by atoms with Gasteiger partial charge in [0.15, 0.2) is 0 Å². The van der Waals surface area contributed by atoms with Crippen molar-refractivity contribution in [2.24, 2.45) is 5.92 Å². The van der Waals surface area contributed by atoms with Crippen molar-refractivity contribution in [3.05, 3.63) is 92.9 Å². The lowest BCUT2D eigenvalue weighted by atomic mass is 10.1. The average Bonchev–Trinajstić information content (AvgIpc) is 2.93. The largest absolute Gasteiger partial charge is 0.354 e. The standard InChI is InChI=1S/C30H34Cl3N3O4S/c1-5-27(30(38)34-17-20(2)3)35(18-22-12-14-23(31)15-26(22)33)29(37)19-36(28-16-24(32)13-11-21(28)4)41(39,40)25-9-7-6-8-10-25/h6-16,20,27H,5,17-19H2,1-4H3,(H,34,38). The molecule has 0 bridgehead atoms. The molecule has 3 aromatic rings. The van der Waals surface area contributed by atoms with E-state index in [0.29, 0.717) is 39.2 Å². The number of amides is 2. The smallest absolute Gasteiger partial charge is 0.264 e. The minimum Gasteiger partial charge on any atom is -0.354 e. The Morgan fingerprint density at radius 1 is 0.927 bits per heavy atom. The first-order valence-electron chi connectivity index (χ1n) is 13.2. The number of anilines is 1. The van der Waals surface area contributed by atoms with Gasteiger partial charge < -0.3 is 10.2 Å². The zero-order valence-corrected chi connectivity index (χ0v) is 26.5. The van der Waals surface area contributed by atoms with Gasteiger partial charge in [0.25, 0.3) is 10.0 Å². The van der Waals surface area contributed by atoms with Crippen LogP contribution in [-0.4, -0.2) is 44.3 Å². The Kier molecular flexibility index (Phi) is 11.5. The van der Waals surface area contributed by atoms with E-state index in [1.54, 1.807) is 62.4 Å². The molecule has 0 heterocycles. The van der Waals surface area contributed by atoms with Gasteiger partial charge in [-0.3, -0.25) is 13.9 Å². The molecule has 220 valence electrons. The number of hydrogen-bond donors (Lipinski definition) is 1. The van der Waals surface area contributed by atoms with E-state index < -0.39 is 28.5 Å². The molecule has 0 saturated heterocycles. The Hall–Kier alpha value is -2.78. The lowest BCUT2D eigenvalue weighted by Crippen LogP contribution is -2.52. The van der Waals surface area contributed by atoms with Crippen LogP contribution in [0, 0.1) is 12.8 Å². The first-order valence-corrected chi connectivity index (χ1v) is 15.8. The molecule has 3 aromatic carbocycles. The Morgan fingerprint density at radius 3 is 2.17 bits per heavy atom. The quantitative estimate of drug-likeness (QED) is 0.238. The van der Waals surface area contributed by atoms with E-state index in [9.17, 15) is 18.0 Å². The number of nitrogens with zero attached hydrogens (tertiary/aromatic N) is 2. The van der Waals surface area contributed by atoms with Crippen molar-refractivity contribution >= 4 is 62.3 Å². The summed E-state index contributed by atoms with van der Waals surface area (Å²) >= 11 is 18.8. The van der Waals surface area contributed by atoms with Crippen molar-refractivity contribution in [3.63, 3.8) is 0 Å². The van der Waals surface area contributed by atoms with Gasteiger partial charge in [0.1, 0.15) is 12.6 Å². The fourth-order valence-electron chi connectivity index (χ4n) is 4.26. The van der Waals surface area contributed by atoms with Crippen LogP contribution in [0.2, 0.25) is 15.1 Å². The van der Waals surface area contributed by atoms with Gasteiger partial charge in [-0.1, -0.05) is 85.9 Å². The average molecular weight is 639 g/mol. The lowest BCUT2D eigenvalue weighted by molar-refractivity contribution is -0.140. The summed E-state index contributed by atoms with van der Waals surface area (Å²) in [6, 6.07) is 16.7. The maximum Gasteiger partial charge on any atom is 0.264 e. The monoisotopic (exact) mass is 637 g/mol. The molecule has 0 aliphatic rings. The van der Waals surface area contributed by atoms with E-state index in [-0.39, 0.29) is 29.0 Å². The Bertz CT molecular complexity index is 1480. The molecule has 0 saturated carbocycles. The van der Waals surface area contributed by atoms with Crippen LogP contribution in [0.3, 0.4) is 0 Å². The molecule has 0 aromatic heterocycles. The molecule has 1 N–H and O–H groups in total. The van der Waals surface area contributed by atoms with E-state index in [4.69, 9.17) is 34.8 Å². The minimum atomic E-state index is -4.20. The van der Waals surface area contributed by atoms with E-state index in [1.165, 1.54) is 23.1 Å². The van der Waals surface area contributed by atoms with Crippen LogP contribution >= 0.6 is 34.8 Å². The van der Waals surface area contributed by atoms with Crippen molar-refractivity contribution < 1.29 is 18.0 Å². The van der Waals surface area contributed by atoms with Gasteiger partial charge in [0.2, 0.25) is 11.8 Å². The molecular weight excluding hydrogens is 605 g/mol. The predicted octanol–water partition coefficient (Wildman–Crippen LogP) is 6.73. The number of halogens is 3. The molecule has 2 amide bonds. The maximum absolute atomic E-state index is 14.2. The number of rotatable bonds is 12. The molecule has 11 heteroatoms. The van der Waals surface area contributed by atoms with Crippen LogP contribution in [0.15, 0.2) is 71.6 Å². The van der Waals surface area contributed by atoms with Crippen LogP contribution in [0.1, 0.15) is 38.3 Å². The summed E-state index contributed by atoms with van der Waals surface area (Å²) in [6.45, 7) is 7.30. The summed E-state index contributed by atoms with van der Waals surface area (Å²) in [7, 11) is -4.20. The fourth-order valence-corrected chi connectivity index (χ4v) is 6.39. The van der Waals surface area contributed by atoms with Gasteiger partial charge >= 0.3 is 0 Å². The number of hydrogen-bond acceptors (Lipinski definition) is 4. The van der Waals surface area contributed by atoms with Crippen molar-refractivity contribution in [1.29, 1.82) is 0 Å². The predicted molar refractivity (Wildman–Crippen MR) is 166 cm³/mol. The van der Waals surface area contributed by atoms with Crippen LogP contribution in [0.25, 0.3) is 0 Å². The van der Waals surface area contributed by atoms with Crippen LogP contribution in [0.4, 0.5) is 5.69 Å². The Labute approximate surface area is 257 Å². The van der Waals surface area contributed by atoms with Crippen LogP contribution in [0.5, 0.6) is 0 Å². The number of sulfonamides is 1. The molecular formula is C30H34Cl3N3O4S. The molecule has 0 fully saturated rings. The third kappa shape index (κ3) is 8.38. The normalized spacial score (nSPS) is 12.2. The lowest BCUT2D eigenvalue weighted by Gasteiger charge is -2.34. The van der Waals surface area contributed by atoms with Gasteiger partial charge in [-0.25, -0.2) is 8.42 Å².